The van der Waals surface area contributed by atoms with Gasteiger partial charge in [-0.25, -0.2) is 5.43 Å². The van der Waals surface area contributed by atoms with Crippen molar-refractivity contribution in [3.8, 4) is 22.8 Å². The van der Waals surface area contributed by atoms with Gasteiger partial charge in [0.2, 0.25) is 0 Å². The molecular formula is C19H18N4O3. The maximum atomic E-state index is 12.2. The van der Waals surface area contributed by atoms with E-state index in [9.17, 15) is 4.79 Å². The van der Waals surface area contributed by atoms with Crippen LogP contribution < -0.4 is 14.9 Å². The molecule has 0 saturated heterocycles. The third kappa shape index (κ3) is 3.89. The molecule has 0 radical (unpaired) electrons. The Morgan fingerprint density at radius 1 is 1.12 bits per heavy atom. The molecule has 7 nitrogen and oxygen atoms in total. The van der Waals surface area contributed by atoms with Crippen LogP contribution in [0.5, 0.6) is 11.5 Å². The number of benzene rings is 2. The number of aromatic amines is 1. The van der Waals surface area contributed by atoms with Crippen molar-refractivity contribution >= 4 is 12.1 Å². The van der Waals surface area contributed by atoms with Gasteiger partial charge in [0.05, 0.1) is 26.1 Å². The van der Waals surface area contributed by atoms with Gasteiger partial charge in [-0.1, -0.05) is 30.3 Å². The minimum atomic E-state index is -0.386. The predicted octanol–water partition coefficient (Wildman–Crippen LogP) is 2.86. The number of ether oxygens (including phenoxy) is 2. The quantitative estimate of drug-likeness (QED) is 0.528. The number of methoxy groups -OCH3 is 2. The van der Waals surface area contributed by atoms with Crippen molar-refractivity contribution in [3.63, 3.8) is 0 Å². The van der Waals surface area contributed by atoms with Crippen molar-refractivity contribution < 1.29 is 14.3 Å². The summed E-state index contributed by atoms with van der Waals surface area (Å²) < 4.78 is 10.6. The number of carbonyl (C=O) groups is 1. The standard InChI is InChI=1S/C19H18N4O3/c1-25-14-8-9-15(18(10-14)26-2)16-11-17(22-21-16)19(24)23-20-12-13-6-4-3-5-7-13/h3-12H,1-2H3,(H,21,22)(H,23,24)/b20-12+. The maximum Gasteiger partial charge on any atom is 0.289 e. The van der Waals surface area contributed by atoms with Crippen molar-refractivity contribution in [3.05, 3.63) is 65.9 Å². The fourth-order valence-corrected chi connectivity index (χ4v) is 2.35. The van der Waals surface area contributed by atoms with Crippen LogP contribution in [-0.4, -0.2) is 36.5 Å². The number of hydrogen-bond acceptors (Lipinski definition) is 5. The van der Waals surface area contributed by atoms with Crippen molar-refractivity contribution in [1.82, 2.24) is 15.6 Å². The summed E-state index contributed by atoms with van der Waals surface area (Å²) >= 11 is 0. The molecule has 0 unspecified atom stereocenters. The van der Waals surface area contributed by atoms with E-state index in [0.29, 0.717) is 22.9 Å². The fraction of sp³-hybridized carbons (Fsp3) is 0.105. The minimum absolute atomic E-state index is 0.295. The molecule has 1 amide bonds. The second kappa shape index (κ2) is 7.98. The van der Waals surface area contributed by atoms with Crippen LogP contribution in [0.15, 0.2) is 59.7 Å². The van der Waals surface area contributed by atoms with Gasteiger partial charge in [-0.3, -0.25) is 9.89 Å². The summed E-state index contributed by atoms with van der Waals surface area (Å²) in [6, 6.07) is 16.5. The van der Waals surface area contributed by atoms with Crippen LogP contribution in [0.4, 0.5) is 0 Å². The van der Waals surface area contributed by atoms with E-state index in [2.05, 4.69) is 20.7 Å². The Labute approximate surface area is 150 Å². The molecule has 7 heteroatoms. The number of rotatable bonds is 6. The van der Waals surface area contributed by atoms with Crippen molar-refractivity contribution in [1.29, 1.82) is 0 Å². The van der Waals surface area contributed by atoms with E-state index in [1.807, 2.05) is 36.4 Å². The molecule has 0 spiro atoms. The first kappa shape index (κ1) is 17.2. The van der Waals surface area contributed by atoms with Crippen LogP contribution in [0, 0.1) is 0 Å². The maximum absolute atomic E-state index is 12.2. The summed E-state index contributed by atoms with van der Waals surface area (Å²) in [5.74, 6) is 0.891. The second-order valence-electron chi connectivity index (χ2n) is 5.34. The van der Waals surface area contributed by atoms with E-state index < -0.39 is 0 Å². The highest BCUT2D eigenvalue weighted by molar-refractivity contribution is 5.94. The lowest BCUT2D eigenvalue weighted by atomic mass is 10.1. The molecule has 0 aliphatic heterocycles. The van der Waals surface area contributed by atoms with E-state index in [1.54, 1.807) is 38.6 Å². The van der Waals surface area contributed by atoms with Gasteiger partial charge in [-0.2, -0.15) is 10.2 Å². The zero-order chi connectivity index (χ0) is 18.4. The molecule has 0 aliphatic carbocycles. The van der Waals surface area contributed by atoms with Crippen molar-refractivity contribution in [2.45, 2.75) is 0 Å². The molecule has 3 aromatic rings. The van der Waals surface area contributed by atoms with E-state index in [-0.39, 0.29) is 5.91 Å². The van der Waals surface area contributed by atoms with Gasteiger partial charge >= 0.3 is 0 Å². The van der Waals surface area contributed by atoms with Gasteiger partial charge in [-0.05, 0) is 23.8 Å². The highest BCUT2D eigenvalue weighted by atomic mass is 16.5. The van der Waals surface area contributed by atoms with Gasteiger partial charge < -0.3 is 9.47 Å². The Hall–Kier alpha value is -3.61. The normalized spacial score (nSPS) is 10.7. The summed E-state index contributed by atoms with van der Waals surface area (Å²) in [6.07, 6.45) is 1.57. The van der Waals surface area contributed by atoms with Crippen molar-refractivity contribution in [2.75, 3.05) is 14.2 Å². The summed E-state index contributed by atoms with van der Waals surface area (Å²) in [4.78, 5) is 12.2. The van der Waals surface area contributed by atoms with Crippen LogP contribution in [-0.2, 0) is 0 Å². The number of aromatic nitrogens is 2. The Balaban J connectivity index is 1.73. The topological polar surface area (TPSA) is 88.6 Å². The summed E-state index contributed by atoms with van der Waals surface area (Å²) in [5, 5.41) is 10.8. The molecule has 2 N–H and O–H groups in total. The molecule has 0 aliphatic rings. The first-order valence-corrected chi connectivity index (χ1v) is 7.87. The zero-order valence-electron chi connectivity index (χ0n) is 14.4. The van der Waals surface area contributed by atoms with Crippen molar-refractivity contribution in [2.24, 2.45) is 5.10 Å². The number of hydrogen-bond donors (Lipinski definition) is 2. The van der Waals surface area contributed by atoms with Gasteiger partial charge in [0, 0.05) is 11.6 Å². The first-order valence-electron chi connectivity index (χ1n) is 7.87. The summed E-state index contributed by atoms with van der Waals surface area (Å²) in [5.41, 5.74) is 4.98. The lowest BCUT2D eigenvalue weighted by molar-refractivity contribution is 0.0950. The molecule has 3 rings (SSSR count). The molecule has 0 atom stereocenters. The number of H-pyrrole nitrogens is 1. The highest BCUT2D eigenvalue weighted by Crippen LogP contribution is 2.32. The first-order chi connectivity index (χ1) is 12.7. The van der Waals surface area contributed by atoms with Gasteiger partial charge in [0.15, 0.2) is 0 Å². The molecule has 0 bridgehead atoms. The number of carbonyl (C=O) groups excluding carboxylic acids is 1. The van der Waals surface area contributed by atoms with Crippen LogP contribution in [0.3, 0.4) is 0 Å². The monoisotopic (exact) mass is 350 g/mol. The van der Waals surface area contributed by atoms with Crippen LogP contribution in [0.2, 0.25) is 0 Å². The lowest BCUT2D eigenvalue weighted by Gasteiger charge is -2.08. The number of amides is 1. The average Bonchev–Trinajstić information content (AvgIpc) is 3.18. The molecule has 2 aromatic carbocycles. The molecule has 0 saturated carbocycles. The van der Waals surface area contributed by atoms with Gasteiger partial charge in [0.25, 0.3) is 5.91 Å². The minimum Gasteiger partial charge on any atom is -0.497 e. The molecule has 1 heterocycles. The third-order valence-electron chi connectivity index (χ3n) is 3.69. The highest BCUT2D eigenvalue weighted by Gasteiger charge is 2.14. The Bertz CT molecular complexity index is 920. The van der Waals surface area contributed by atoms with Crippen LogP contribution in [0.1, 0.15) is 16.1 Å². The van der Waals surface area contributed by atoms with E-state index in [0.717, 1.165) is 11.1 Å². The molecular weight excluding hydrogens is 332 g/mol. The lowest BCUT2D eigenvalue weighted by Crippen LogP contribution is -2.17. The Morgan fingerprint density at radius 2 is 1.92 bits per heavy atom. The third-order valence-corrected chi connectivity index (χ3v) is 3.69. The predicted molar refractivity (Wildman–Crippen MR) is 98.6 cm³/mol. The molecule has 1 aromatic heterocycles. The van der Waals surface area contributed by atoms with E-state index in [1.165, 1.54) is 0 Å². The summed E-state index contributed by atoms with van der Waals surface area (Å²) in [6.45, 7) is 0. The van der Waals surface area contributed by atoms with Gasteiger partial charge in [0.1, 0.15) is 17.2 Å². The van der Waals surface area contributed by atoms with Crippen LogP contribution >= 0.6 is 0 Å². The van der Waals surface area contributed by atoms with Gasteiger partial charge in [-0.15, -0.1) is 0 Å². The summed E-state index contributed by atoms with van der Waals surface area (Å²) in [7, 11) is 3.15. The SMILES string of the molecule is COc1ccc(-c2cc(C(=O)N/N=C/c3ccccc3)[nH]n2)c(OC)c1. The molecule has 0 fully saturated rings. The van der Waals surface area contributed by atoms with E-state index in [4.69, 9.17) is 9.47 Å². The largest absolute Gasteiger partial charge is 0.497 e. The fourth-order valence-electron chi connectivity index (χ4n) is 2.35. The van der Waals surface area contributed by atoms with Crippen LogP contribution in [0.25, 0.3) is 11.3 Å². The number of hydrazone groups is 1. The molecule has 26 heavy (non-hydrogen) atoms. The van der Waals surface area contributed by atoms with E-state index >= 15 is 0 Å². The average molecular weight is 350 g/mol. The zero-order valence-corrected chi connectivity index (χ0v) is 14.4. The Kier molecular flexibility index (Phi) is 5.28. The number of nitrogens with one attached hydrogen (secondary N) is 2. The Morgan fingerprint density at radius 3 is 2.65 bits per heavy atom. The number of nitrogens with zero attached hydrogens (tertiary/aromatic N) is 2. The second-order valence-corrected chi connectivity index (χ2v) is 5.34. The molecule has 132 valence electrons. The smallest absolute Gasteiger partial charge is 0.289 e.